The van der Waals surface area contributed by atoms with Crippen molar-refractivity contribution in [3.8, 4) is 0 Å². The van der Waals surface area contributed by atoms with E-state index in [0.717, 1.165) is 12.8 Å². The SMILES string of the molecule is CC(C)CC(CC(C)C)OP(=O)([O-])OCC[N+](C)(C)C. The average molecular weight is 309 g/mol. The molecule has 0 rings (SSSR count). The van der Waals surface area contributed by atoms with Gasteiger partial charge >= 0.3 is 0 Å². The molecule has 1 atom stereocenters. The lowest BCUT2D eigenvalue weighted by molar-refractivity contribution is -0.870. The number of hydrogen-bond donors (Lipinski definition) is 0. The zero-order valence-corrected chi connectivity index (χ0v) is 15.0. The fourth-order valence-electron chi connectivity index (χ4n) is 1.87. The molecule has 0 spiro atoms. The highest BCUT2D eigenvalue weighted by Gasteiger charge is 2.21. The summed E-state index contributed by atoms with van der Waals surface area (Å²) < 4.78 is 22.7. The van der Waals surface area contributed by atoms with Crippen LogP contribution >= 0.6 is 7.82 Å². The maximum atomic E-state index is 11.9. The van der Waals surface area contributed by atoms with Crippen LogP contribution in [0.25, 0.3) is 0 Å². The largest absolute Gasteiger partial charge is 0.756 e. The van der Waals surface area contributed by atoms with Crippen molar-refractivity contribution >= 4 is 7.82 Å². The summed E-state index contributed by atoms with van der Waals surface area (Å²) in [6.45, 7) is 9.01. The number of phosphoric acid groups is 1. The van der Waals surface area contributed by atoms with Gasteiger partial charge in [0, 0.05) is 0 Å². The molecule has 0 aliphatic carbocycles. The third kappa shape index (κ3) is 11.9. The van der Waals surface area contributed by atoms with Crippen molar-refractivity contribution in [3.05, 3.63) is 0 Å². The van der Waals surface area contributed by atoms with E-state index in [0.29, 0.717) is 22.9 Å². The number of nitrogens with zero attached hydrogens (tertiary/aromatic N) is 1. The fourth-order valence-corrected chi connectivity index (χ4v) is 2.78. The van der Waals surface area contributed by atoms with E-state index in [4.69, 9.17) is 9.05 Å². The van der Waals surface area contributed by atoms with Crippen molar-refractivity contribution in [3.63, 3.8) is 0 Å². The van der Waals surface area contributed by atoms with Gasteiger partial charge in [0.25, 0.3) is 7.82 Å². The molecule has 0 amide bonds. The number of quaternary nitrogens is 1. The van der Waals surface area contributed by atoms with Crippen molar-refractivity contribution < 1.29 is 23.0 Å². The molecule has 0 aromatic heterocycles. The normalized spacial score (nSPS) is 16.1. The summed E-state index contributed by atoms with van der Waals surface area (Å²) in [5.74, 6) is 0.787. The minimum Gasteiger partial charge on any atom is -0.756 e. The Balaban J connectivity index is 4.39. The molecule has 0 saturated carbocycles. The summed E-state index contributed by atoms with van der Waals surface area (Å²) in [5, 5.41) is 0. The molecule has 0 heterocycles. The van der Waals surface area contributed by atoms with Gasteiger partial charge in [0.05, 0.1) is 27.2 Å². The summed E-state index contributed by atoms with van der Waals surface area (Å²) in [6.07, 6.45) is 1.16. The third-order valence-electron chi connectivity index (χ3n) is 2.76. The van der Waals surface area contributed by atoms with Gasteiger partial charge in [-0.2, -0.15) is 0 Å². The highest BCUT2D eigenvalue weighted by Crippen LogP contribution is 2.42. The Hall–Kier alpha value is 0.0700. The maximum Gasteiger partial charge on any atom is 0.268 e. The van der Waals surface area contributed by atoms with E-state index in [1.807, 2.05) is 21.1 Å². The van der Waals surface area contributed by atoms with Crippen LogP contribution in [0.15, 0.2) is 0 Å². The Morgan fingerprint density at radius 2 is 1.50 bits per heavy atom. The smallest absolute Gasteiger partial charge is 0.268 e. The molecule has 5 nitrogen and oxygen atoms in total. The molecule has 0 aliphatic heterocycles. The van der Waals surface area contributed by atoms with Crippen LogP contribution in [0, 0.1) is 11.8 Å². The molecular formula is C14H32NO4P. The van der Waals surface area contributed by atoms with Crippen LogP contribution in [0.5, 0.6) is 0 Å². The fraction of sp³-hybridized carbons (Fsp3) is 1.00. The Bertz CT molecular complexity index is 303. The first-order chi connectivity index (χ1) is 8.91. The quantitative estimate of drug-likeness (QED) is 0.460. The number of phosphoric ester groups is 1. The van der Waals surface area contributed by atoms with Crippen molar-refractivity contribution in [1.82, 2.24) is 0 Å². The van der Waals surface area contributed by atoms with E-state index in [-0.39, 0.29) is 12.7 Å². The molecule has 1 unspecified atom stereocenters. The molecule has 0 N–H and O–H groups in total. The van der Waals surface area contributed by atoms with E-state index in [2.05, 4.69) is 27.7 Å². The summed E-state index contributed by atoms with van der Waals surface area (Å²) in [6, 6.07) is 0. The van der Waals surface area contributed by atoms with Gasteiger partial charge in [-0.1, -0.05) is 27.7 Å². The van der Waals surface area contributed by atoms with Crippen LogP contribution in [0.3, 0.4) is 0 Å². The Morgan fingerprint density at radius 1 is 1.05 bits per heavy atom. The Kier molecular flexibility index (Phi) is 8.53. The van der Waals surface area contributed by atoms with Crippen LogP contribution < -0.4 is 4.89 Å². The predicted octanol–water partition coefficient (Wildman–Crippen LogP) is 2.66. The van der Waals surface area contributed by atoms with Crippen LogP contribution in [0.2, 0.25) is 0 Å². The van der Waals surface area contributed by atoms with Gasteiger partial charge in [-0.3, -0.25) is 4.57 Å². The van der Waals surface area contributed by atoms with Gasteiger partial charge in [-0.05, 0) is 24.7 Å². The second kappa shape index (κ2) is 8.50. The molecule has 20 heavy (non-hydrogen) atoms. The minimum atomic E-state index is -4.21. The van der Waals surface area contributed by atoms with Crippen LogP contribution in [0.1, 0.15) is 40.5 Å². The molecule has 0 fully saturated rings. The Morgan fingerprint density at radius 3 is 1.85 bits per heavy atom. The van der Waals surface area contributed by atoms with E-state index < -0.39 is 7.82 Å². The lowest BCUT2D eigenvalue weighted by Gasteiger charge is -2.31. The van der Waals surface area contributed by atoms with Gasteiger partial charge in [0.15, 0.2) is 0 Å². The zero-order chi connectivity index (χ0) is 16.0. The Labute approximate surface area is 124 Å². The average Bonchev–Trinajstić information content (AvgIpc) is 2.10. The van der Waals surface area contributed by atoms with Gasteiger partial charge in [0.1, 0.15) is 13.2 Å². The predicted molar refractivity (Wildman–Crippen MR) is 80.2 cm³/mol. The maximum absolute atomic E-state index is 11.9. The monoisotopic (exact) mass is 309 g/mol. The van der Waals surface area contributed by atoms with Crippen molar-refractivity contribution in [2.75, 3.05) is 34.3 Å². The van der Waals surface area contributed by atoms with Crippen LogP contribution in [-0.4, -0.2) is 44.9 Å². The van der Waals surface area contributed by atoms with Crippen molar-refractivity contribution in [1.29, 1.82) is 0 Å². The lowest BCUT2D eigenvalue weighted by Crippen LogP contribution is -2.37. The molecule has 0 saturated heterocycles. The van der Waals surface area contributed by atoms with Gasteiger partial charge in [-0.15, -0.1) is 0 Å². The summed E-state index contributed by atoms with van der Waals surface area (Å²) in [7, 11) is 1.75. The van der Waals surface area contributed by atoms with Gasteiger partial charge in [0.2, 0.25) is 0 Å². The van der Waals surface area contributed by atoms with Crippen molar-refractivity contribution in [2.24, 2.45) is 11.8 Å². The van der Waals surface area contributed by atoms with E-state index in [9.17, 15) is 9.46 Å². The zero-order valence-electron chi connectivity index (χ0n) is 14.1. The van der Waals surface area contributed by atoms with Crippen LogP contribution in [0.4, 0.5) is 0 Å². The second-order valence-electron chi connectivity index (χ2n) is 7.28. The number of hydrogen-bond acceptors (Lipinski definition) is 4. The first kappa shape index (κ1) is 20.1. The highest BCUT2D eigenvalue weighted by atomic mass is 31.2. The van der Waals surface area contributed by atoms with Crippen molar-refractivity contribution in [2.45, 2.75) is 46.6 Å². The first-order valence-corrected chi connectivity index (χ1v) is 8.82. The molecular weight excluding hydrogens is 277 g/mol. The number of likely N-dealkylation sites (N-methyl/N-ethyl adjacent to an activating group) is 1. The highest BCUT2D eigenvalue weighted by molar-refractivity contribution is 7.45. The first-order valence-electron chi connectivity index (χ1n) is 7.35. The molecule has 122 valence electrons. The van der Waals surface area contributed by atoms with Gasteiger partial charge < -0.3 is 18.4 Å². The van der Waals surface area contributed by atoms with E-state index >= 15 is 0 Å². The van der Waals surface area contributed by atoms with E-state index in [1.165, 1.54) is 0 Å². The minimum absolute atomic E-state index is 0.153. The third-order valence-corrected chi connectivity index (χ3v) is 3.81. The molecule has 0 aromatic rings. The topological polar surface area (TPSA) is 58.6 Å². The molecule has 0 aliphatic rings. The summed E-state index contributed by atoms with van der Waals surface area (Å²) in [5.41, 5.74) is 0. The number of rotatable bonds is 10. The standard InChI is InChI=1S/C14H32NO4P/c1-12(2)10-14(11-13(3)4)19-20(16,17)18-9-8-15(5,6)7/h12-14H,8-11H2,1-7H3. The summed E-state index contributed by atoms with van der Waals surface area (Å²) >= 11 is 0. The van der Waals surface area contributed by atoms with E-state index in [1.54, 1.807) is 0 Å². The summed E-state index contributed by atoms with van der Waals surface area (Å²) in [4.78, 5) is 11.9. The molecule has 0 aromatic carbocycles. The molecule has 0 bridgehead atoms. The second-order valence-corrected chi connectivity index (χ2v) is 8.64. The van der Waals surface area contributed by atoms with Gasteiger partial charge in [-0.25, -0.2) is 0 Å². The lowest BCUT2D eigenvalue weighted by atomic mass is 9.98. The van der Waals surface area contributed by atoms with Crippen LogP contribution in [-0.2, 0) is 13.6 Å². The molecule has 0 radical (unpaired) electrons. The molecule has 6 heteroatoms.